The summed E-state index contributed by atoms with van der Waals surface area (Å²) in [5.41, 5.74) is 5.78. The van der Waals surface area contributed by atoms with Gasteiger partial charge in [-0.25, -0.2) is 0 Å². The first-order chi connectivity index (χ1) is 12.8. The average Bonchev–Trinajstić information content (AvgIpc) is 3.32. The molecule has 2 aromatic heterocycles. The number of nitrogens with zero attached hydrogens (tertiary/aromatic N) is 1. The lowest BCUT2D eigenvalue weighted by molar-refractivity contribution is 0.702. The first-order valence-electron chi connectivity index (χ1n) is 8.42. The smallest absolute Gasteiger partial charge is 0.0931 e. The minimum atomic E-state index is 0.752. The van der Waals surface area contributed by atoms with Gasteiger partial charge in [0.15, 0.2) is 0 Å². The second-order valence-electron chi connectivity index (χ2n) is 6.02. The molecule has 26 heavy (non-hydrogen) atoms. The molecular formula is C21H18ClN3S. The second-order valence-corrected chi connectivity index (χ2v) is 7.82. The SMILES string of the molecule is Clc1ccc(CNCc2cn[nH]c2-c2ccc(-c3ccccc3)cc2)s1. The number of benzene rings is 2. The molecule has 0 atom stereocenters. The van der Waals surface area contributed by atoms with Crippen LogP contribution in [0.15, 0.2) is 72.9 Å². The average molecular weight is 380 g/mol. The van der Waals surface area contributed by atoms with Gasteiger partial charge in [0.25, 0.3) is 0 Å². The predicted octanol–water partition coefficient (Wildman–Crippen LogP) is 5.75. The molecule has 2 heterocycles. The minimum absolute atomic E-state index is 0.752. The molecule has 5 heteroatoms. The summed E-state index contributed by atoms with van der Waals surface area (Å²) in [6.45, 7) is 1.55. The minimum Gasteiger partial charge on any atom is -0.308 e. The highest BCUT2D eigenvalue weighted by Gasteiger charge is 2.08. The molecule has 4 aromatic rings. The standard InChI is InChI=1S/C21H18ClN3S/c22-20-11-10-19(26-20)14-23-12-18-13-24-25-21(18)17-8-6-16(7-9-17)15-4-2-1-3-5-15/h1-11,13,23H,12,14H2,(H,24,25). The third kappa shape index (κ3) is 3.88. The Balaban J connectivity index is 1.46. The number of aromatic nitrogens is 2. The number of H-pyrrole nitrogens is 1. The van der Waals surface area contributed by atoms with Gasteiger partial charge in [0, 0.05) is 23.5 Å². The van der Waals surface area contributed by atoms with E-state index < -0.39 is 0 Å². The highest BCUT2D eigenvalue weighted by molar-refractivity contribution is 7.16. The summed E-state index contributed by atoms with van der Waals surface area (Å²) < 4.78 is 0.823. The number of nitrogens with one attached hydrogen (secondary N) is 2. The van der Waals surface area contributed by atoms with Gasteiger partial charge in [-0.2, -0.15) is 5.10 Å². The molecule has 0 aliphatic carbocycles. The lowest BCUT2D eigenvalue weighted by Crippen LogP contribution is -2.11. The van der Waals surface area contributed by atoms with E-state index in [-0.39, 0.29) is 0 Å². The van der Waals surface area contributed by atoms with Crippen molar-refractivity contribution < 1.29 is 0 Å². The Morgan fingerprint density at radius 1 is 0.846 bits per heavy atom. The Morgan fingerprint density at radius 3 is 2.31 bits per heavy atom. The molecule has 0 radical (unpaired) electrons. The van der Waals surface area contributed by atoms with Gasteiger partial charge in [0.1, 0.15) is 0 Å². The van der Waals surface area contributed by atoms with Crippen LogP contribution in [0.5, 0.6) is 0 Å². The molecule has 2 N–H and O–H groups in total. The third-order valence-electron chi connectivity index (χ3n) is 4.24. The third-order valence-corrected chi connectivity index (χ3v) is 5.47. The zero-order valence-corrected chi connectivity index (χ0v) is 15.6. The van der Waals surface area contributed by atoms with E-state index in [9.17, 15) is 0 Å². The fourth-order valence-electron chi connectivity index (χ4n) is 2.92. The van der Waals surface area contributed by atoms with Gasteiger partial charge in [0.05, 0.1) is 16.2 Å². The molecule has 0 aliphatic heterocycles. The summed E-state index contributed by atoms with van der Waals surface area (Å²) in [6, 6.07) is 23.0. The number of hydrogen-bond donors (Lipinski definition) is 2. The number of thiophene rings is 1. The van der Waals surface area contributed by atoms with Crippen LogP contribution in [0.1, 0.15) is 10.4 Å². The summed E-state index contributed by atoms with van der Waals surface area (Å²) in [5.74, 6) is 0. The van der Waals surface area contributed by atoms with Crippen LogP contribution in [0.4, 0.5) is 0 Å². The number of aromatic amines is 1. The predicted molar refractivity (Wildman–Crippen MR) is 109 cm³/mol. The van der Waals surface area contributed by atoms with E-state index in [4.69, 9.17) is 11.6 Å². The van der Waals surface area contributed by atoms with Crippen molar-refractivity contribution >= 4 is 22.9 Å². The summed E-state index contributed by atoms with van der Waals surface area (Å²) >= 11 is 7.58. The van der Waals surface area contributed by atoms with Crippen LogP contribution in [0, 0.1) is 0 Å². The lowest BCUT2D eigenvalue weighted by Gasteiger charge is -2.07. The number of rotatable bonds is 6. The first-order valence-corrected chi connectivity index (χ1v) is 9.62. The van der Waals surface area contributed by atoms with E-state index in [1.54, 1.807) is 11.3 Å². The number of halogens is 1. The van der Waals surface area contributed by atoms with Crippen molar-refractivity contribution in [1.82, 2.24) is 15.5 Å². The highest BCUT2D eigenvalue weighted by atomic mass is 35.5. The molecule has 0 spiro atoms. The van der Waals surface area contributed by atoms with Crippen molar-refractivity contribution in [3.05, 3.63) is 87.7 Å². The van der Waals surface area contributed by atoms with E-state index in [0.29, 0.717) is 0 Å². The monoisotopic (exact) mass is 379 g/mol. The van der Waals surface area contributed by atoms with E-state index in [0.717, 1.165) is 34.2 Å². The van der Waals surface area contributed by atoms with E-state index in [1.165, 1.54) is 16.0 Å². The van der Waals surface area contributed by atoms with Gasteiger partial charge in [-0.15, -0.1) is 11.3 Å². The largest absolute Gasteiger partial charge is 0.308 e. The van der Waals surface area contributed by atoms with Gasteiger partial charge in [-0.05, 0) is 28.8 Å². The number of hydrogen-bond acceptors (Lipinski definition) is 3. The first kappa shape index (κ1) is 17.0. The van der Waals surface area contributed by atoms with E-state index in [2.05, 4.69) is 70.1 Å². The van der Waals surface area contributed by atoms with E-state index >= 15 is 0 Å². The van der Waals surface area contributed by atoms with Crippen molar-refractivity contribution in [2.75, 3.05) is 0 Å². The van der Waals surface area contributed by atoms with Crippen LogP contribution < -0.4 is 5.32 Å². The van der Waals surface area contributed by atoms with Crippen molar-refractivity contribution in [3.8, 4) is 22.4 Å². The van der Waals surface area contributed by atoms with Crippen molar-refractivity contribution in [2.45, 2.75) is 13.1 Å². The van der Waals surface area contributed by atoms with Gasteiger partial charge >= 0.3 is 0 Å². The van der Waals surface area contributed by atoms with Gasteiger partial charge in [0.2, 0.25) is 0 Å². The maximum atomic E-state index is 5.98. The molecule has 0 saturated heterocycles. The Kier molecular flexibility index (Phi) is 5.16. The van der Waals surface area contributed by atoms with Crippen LogP contribution >= 0.6 is 22.9 Å². The molecule has 2 aromatic carbocycles. The van der Waals surface area contributed by atoms with Gasteiger partial charge in [-0.3, -0.25) is 5.10 Å². The highest BCUT2D eigenvalue weighted by Crippen LogP contribution is 2.26. The Hall–Kier alpha value is -2.40. The Morgan fingerprint density at radius 2 is 1.58 bits per heavy atom. The van der Waals surface area contributed by atoms with Crippen molar-refractivity contribution in [2.24, 2.45) is 0 Å². The normalized spacial score (nSPS) is 11.0. The van der Waals surface area contributed by atoms with Crippen LogP contribution in [0.3, 0.4) is 0 Å². The van der Waals surface area contributed by atoms with Crippen molar-refractivity contribution in [3.63, 3.8) is 0 Å². The summed E-state index contributed by atoms with van der Waals surface area (Å²) in [6.07, 6.45) is 1.88. The van der Waals surface area contributed by atoms with Crippen molar-refractivity contribution in [1.29, 1.82) is 0 Å². The summed E-state index contributed by atoms with van der Waals surface area (Å²) in [5, 5.41) is 10.8. The maximum absolute atomic E-state index is 5.98. The molecular weight excluding hydrogens is 362 g/mol. The molecule has 0 saturated carbocycles. The van der Waals surface area contributed by atoms with Gasteiger partial charge < -0.3 is 5.32 Å². The molecule has 0 amide bonds. The molecule has 0 bridgehead atoms. The zero-order valence-electron chi connectivity index (χ0n) is 14.1. The summed E-state index contributed by atoms with van der Waals surface area (Å²) in [4.78, 5) is 1.23. The molecule has 4 rings (SSSR count). The lowest BCUT2D eigenvalue weighted by atomic mass is 10.0. The molecule has 0 fully saturated rings. The van der Waals surface area contributed by atoms with Crippen LogP contribution in [-0.4, -0.2) is 10.2 Å². The van der Waals surface area contributed by atoms with Crippen LogP contribution in [-0.2, 0) is 13.1 Å². The maximum Gasteiger partial charge on any atom is 0.0931 e. The zero-order chi connectivity index (χ0) is 17.8. The fourth-order valence-corrected chi connectivity index (χ4v) is 3.98. The van der Waals surface area contributed by atoms with Gasteiger partial charge in [-0.1, -0.05) is 66.2 Å². The molecule has 0 aliphatic rings. The second kappa shape index (κ2) is 7.87. The van der Waals surface area contributed by atoms with Crippen LogP contribution in [0.2, 0.25) is 4.34 Å². The molecule has 3 nitrogen and oxygen atoms in total. The van der Waals surface area contributed by atoms with E-state index in [1.807, 2.05) is 18.3 Å². The molecule has 130 valence electrons. The Bertz CT molecular complexity index is 974. The van der Waals surface area contributed by atoms with Crippen LogP contribution in [0.25, 0.3) is 22.4 Å². The quantitative estimate of drug-likeness (QED) is 0.448. The fraction of sp³-hybridized carbons (Fsp3) is 0.0952. The Labute approximate surface area is 161 Å². The summed E-state index contributed by atoms with van der Waals surface area (Å²) in [7, 11) is 0. The molecule has 0 unspecified atom stereocenters. The topological polar surface area (TPSA) is 40.7 Å².